The summed E-state index contributed by atoms with van der Waals surface area (Å²) in [6.45, 7) is 0. The summed E-state index contributed by atoms with van der Waals surface area (Å²) in [6, 6.07) is 6.46. The zero-order valence-corrected chi connectivity index (χ0v) is 17.5. The number of benzene rings is 1. The van der Waals surface area contributed by atoms with E-state index in [2.05, 4.69) is 20.6 Å². The van der Waals surface area contributed by atoms with Crippen LogP contribution in [0, 0.1) is 0 Å². The second-order valence-electron chi connectivity index (χ2n) is 5.75. The summed E-state index contributed by atoms with van der Waals surface area (Å²) in [4.78, 5) is 17.7. The number of amides is 2. The van der Waals surface area contributed by atoms with Crippen molar-refractivity contribution >= 4 is 49.8 Å². The van der Waals surface area contributed by atoms with Crippen LogP contribution in [0.3, 0.4) is 0 Å². The molecule has 0 unspecified atom stereocenters. The van der Waals surface area contributed by atoms with Crippen LogP contribution < -0.4 is 10.2 Å². The molecule has 0 spiro atoms. The van der Waals surface area contributed by atoms with Crippen molar-refractivity contribution in [3.05, 3.63) is 41.8 Å². The molecule has 2 amide bonds. The number of anilines is 2. The third kappa shape index (κ3) is 3.99. The number of thiazole rings is 1. The van der Waals surface area contributed by atoms with Gasteiger partial charge in [0, 0.05) is 26.8 Å². The van der Waals surface area contributed by atoms with E-state index in [0.29, 0.717) is 5.69 Å². The highest BCUT2D eigenvalue weighted by atomic mass is 35.5. The summed E-state index contributed by atoms with van der Waals surface area (Å²) < 4.78 is 27.0. The van der Waals surface area contributed by atoms with Crippen LogP contribution in [0.25, 0.3) is 5.69 Å². The topological polar surface area (TPSA) is 113 Å². The Morgan fingerprint density at radius 3 is 2.46 bits per heavy atom. The predicted molar refractivity (Wildman–Crippen MR) is 107 cm³/mol. The molecule has 0 radical (unpaired) electrons. The molecule has 0 fully saturated rings. The van der Waals surface area contributed by atoms with E-state index in [1.165, 1.54) is 26.0 Å². The lowest BCUT2D eigenvalue weighted by atomic mass is 10.3. The van der Waals surface area contributed by atoms with E-state index in [0.717, 1.165) is 21.3 Å². The van der Waals surface area contributed by atoms with E-state index >= 15 is 0 Å². The Bertz CT molecular complexity index is 1080. The molecule has 13 heteroatoms. The third-order valence-electron chi connectivity index (χ3n) is 3.66. The van der Waals surface area contributed by atoms with Crippen molar-refractivity contribution in [2.45, 2.75) is 4.21 Å². The minimum atomic E-state index is -3.75. The number of nitrogens with zero attached hydrogens (tertiary/aromatic N) is 6. The Hall–Kier alpha value is -2.54. The number of rotatable bonds is 5. The van der Waals surface area contributed by atoms with E-state index < -0.39 is 16.1 Å². The normalized spacial score (nSPS) is 11.6. The molecule has 1 N–H and O–H groups in total. The lowest BCUT2D eigenvalue weighted by molar-refractivity contribution is 0.258. The molecule has 0 aliphatic carbocycles. The van der Waals surface area contributed by atoms with Crippen molar-refractivity contribution in [1.82, 2.24) is 24.3 Å². The molecule has 0 aliphatic rings. The maximum Gasteiger partial charge on any atom is 0.327 e. The molecule has 3 rings (SSSR count). The molecular weight excluding hydrogens is 426 g/mol. The van der Waals surface area contributed by atoms with Crippen molar-refractivity contribution in [1.29, 1.82) is 0 Å². The highest BCUT2D eigenvalue weighted by Crippen LogP contribution is 2.34. The highest BCUT2D eigenvalue weighted by Gasteiger charge is 2.27. The van der Waals surface area contributed by atoms with Gasteiger partial charge in [0.25, 0.3) is 10.0 Å². The van der Waals surface area contributed by atoms with Gasteiger partial charge in [0.1, 0.15) is 0 Å². The SMILES string of the molecule is CN(C(=O)Nc1ccc(-n2ccnn2)cc1)c1nc(Cl)c(S(=O)(=O)N(C)C)s1. The molecule has 3 aromatic rings. The fourth-order valence-electron chi connectivity index (χ4n) is 2.08. The van der Waals surface area contributed by atoms with Crippen molar-refractivity contribution < 1.29 is 13.2 Å². The Balaban J connectivity index is 1.75. The number of hydrogen-bond donors (Lipinski definition) is 1. The average Bonchev–Trinajstić information content (AvgIpc) is 3.31. The Labute approximate surface area is 170 Å². The first-order valence-electron chi connectivity index (χ1n) is 7.80. The van der Waals surface area contributed by atoms with Gasteiger partial charge in [0.2, 0.25) is 0 Å². The first kappa shape index (κ1) is 20.2. The number of nitrogens with one attached hydrogen (secondary N) is 1. The van der Waals surface area contributed by atoms with Gasteiger partial charge >= 0.3 is 6.03 Å². The molecule has 1 aromatic carbocycles. The standard InChI is InChI=1S/C15H16ClN7O3S2/c1-21(2)28(25,26)13-12(16)19-15(27-13)22(3)14(24)18-10-4-6-11(7-5-10)23-9-8-17-20-23/h4-9H,1-3H3,(H,18,24). The largest absolute Gasteiger partial charge is 0.327 e. The molecule has 2 heterocycles. The monoisotopic (exact) mass is 441 g/mol. The van der Waals surface area contributed by atoms with E-state index in [1.54, 1.807) is 41.3 Å². The van der Waals surface area contributed by atoms with E-state index in [-0.39, 0.29) is 14.5 Å². The Morgan fingerprint density at radius 1 is 1.21 bits per heavy atom. The van der Waals surface area contributed by atoms with Crippen molar-refractivity contribution in [2.24, 2.45) is 0 Å². The van der Waals surface area contributed by atoms with Crippen LogP contribution in [0.1, 0.15) is 0 Å². The average molecular weight is 442 g/mol. The molecule has 10 nitrogen and oxygen atoms in total. The van der Waals surface area contributed by atoms with Crippen LogP contribution >= 0.6 is 22.9 Å². The second-order valence-corrected chi connectivity index (χ2v) is 9.43. The van der Waals surface area contributed by atoms with Gasteiger partial charge in [-0.05, 0) is 24.3 Å². The maximum atomic E-state index is 12.5. The number of carbonyl (C=O) groups excluding carboxylic acids is 1. The second kappa shape index (κ2) is 7.83. The molecule has 2 aromatic heterocycles. The molecule has 28 heavy (non-hydrogen) atoms. The van der Waals surface area contributed by atoms with Gasteiger partial charge in [-0.15, -0.1) is 5.10 Å². The van der Waals surface area contributed by atoms with Crippen LogP contribution in [-0.2, 0) is 10.0 Å². The quantitative estimate of drug-likeness (QED) is 0.649. The van der Waals surface area contributed by atoms with Crippen LogP contribution in [-0.4, -0.2) is 59.9 Å². The van der Waals surface area contributed by atoms with Gasteiger partial charge in [-0.3, -0.25) is 4.90 Å². The van der Waals surface area contributed by atoms with Crippen molar-refractivity contribution in [3.8, 4) is 5.69 Å². The lowest BCUT2D eigenvalue weighted by Crippen LogP contribution is -2.31. The predicted octanol–water partition coefficient (Wildman–Crippen LogP) is 2.30. The minimum absolute atomic E-state index is 0.119. The molecular formula is C15H16ClN7O3S2. The molecule has 0 saturated heterocycles. The maximum absolute atomic E-state index is 12.5. The molecule has 148 valence electrons. The van der Waals surface area contributed by atoms with Gasteiger partial charge in [-0.1, -0.05) is 28.2 Å². The van der Waals surface area contributed by atoms with Crippen LogP contribution in [0.5, 0.6) is 0 Å². The van der Waals surface area contributed by atoms with Gasteiger partial charge in [0.05, 0.1) is 18.1 Å². The summed E-state index contributed by atoms with van der Waals surface area (Å²) in [5, 5.41) is 10.3. The van der Waals surface area contributed by atoms with Crippen LogP contribution in [0.4, 0.5) is 15.6 Å². The fraction of sp³-hybridized carbons (Fsp3) is 0.200. The summed E-state index contributed by atoms with van der Waals surface area (Å²) in [6.07, 6.45) is 3.27. The number of halogens is 1. The number of aromatic nitrogens is 4. The number of hydrogen-bond acceptors (Lipinski definition) is 7. The Kier molecular flexibility index (Phi) is 5.65. The summed E-state index contributed by atoms with van der Waals surface area (Å²) in [5.74, 6) is 0. The summed E-state index contributed by atoms with van der Waals surface area (Å²) in [7, 11) is 0.514. The minimum Gasteiger partial charge on any atom is -0.307 e. The van der Waals surface area contributed by atoms with Gasteiger partial charge in [-0.25, -0.2) is 27.2 Å². The highest BCUT2D eigenvalue weighted by molar-refractivity contribution is 7.91. The van der Waals surface area contributed by atoms with Gasteiger partial charge in [-0.2, -0.15) is 0 Å². The zero-order chi connectivity index (χ0) is 20.5. The van der Waals surface area contributed by atoms with Crippen molar-refractivity contribution in [3.63, 3.8) is 0 Å². The Morgan fingerprint density at radius 2 is 1.89 bits per heavy atom. The fourth-order valence-corrected chi connectivity index (χ4v) is 4.96. The molecule has 0 saturated carbocycles. The number of sulfonamides is 1. The van der Waals surface area contributed by atoms with Crippen molar-refractivity contribution in [2.75, 3.05) is 31.4 Å². The van der Waals surface area contributed by atoms with Crippen LogP contribution in [0.2, 0.25) is 5.15 Å². The molecule has 0 aliphatic heterocycles. The lowest BCUT2D eigenvalue weighted by Gasteiger charge is -2.15. The van der Waals surface area contributed by atoms with Gasteiger partial charge in [0.15, 0.2) is 14.5 Å². The molecule has 0 atom stereocenters. The number of carbonyl (C=O) groups is 1. The third-order valence-corrected chi connectivity index (χ3v) is 7.59. The van der Waals surface area contributed by atoms with E-state index in [9.17, 15) is 13.2 Å². The molecule has 0 bridgehead atoms. The first-order chi connectivity index (χ1) is 13.2. The van der Waals surface area contributed by atoms with E-state index in [4.69, 9.17) is 11.6 Å². The first-order valence-corrected chi connectivity index (χ1v) is 10.4. The smallest absolute Gasteiger partial charge is 0.307 e. The summed E-state index contributed by atoms with van der Waals surface area (Å²) in [5.41, 5.74) is 1.33. The summed E-state index contributed by atoms with van der Waals surface area (Å²) >= 11 is 6.79. The van der Waals surface area contributed by atoms with Crippen LogP contribution in [0.15, 0.2) is 40.9 Å². The zero-order valence-electron chi connectivity index (χ0n) is 15.1. The van der Waals surface area contributed by atoms with Gasteiger partial charge < -0.3 is 5.32 Å². The van der Waals surface area contributed by atoms with E-state index in [1.807, 2.05) is 0 Å². The number of urea groups is 1.